The van der Waals surface area contributed by atoms with Gasteiger partial charge in [-0.05, 0) is 18.8 Å². The molecule has 2 aliphatic heterocycles. The number of nitrogens with one attached hydrogen (secondary N) is 1. The molecule has 3 N–H and O–H groups in total. The molecule has 0 spiro atoms. The summed E-state index contributed by atoms with van der Waals surface area (Å²) in [4.78, 5) is 13.3. The van der Waals surface area contributed by atoms with Gasteiger partial charge >= 0.3 is 5.97 Å². The molecule has 3 aliphatic rings. The molecule has 96 valence electrons. The maximum atomic E-state index is 11.0. The minimum Gasteiger partial charge on any atom is -0.481 e. The fourth-order valence-corrected chi connectivity index (χ4v) is 3.78. The van der Waals surface area contributed by atoms with Crippen LogP contribution < -0.4 is 5.32 Å². The van der Waals surface area contributed by atoms with E-state index in [4.69, 9.17) is 5.11 Å². The van der Waals surface area contributed by atoms with Crippen molar-refractivity contribution < 1.29 is 15.0 Å². The summed E-state index contributed by atoms with van der Waals surface area (Å²) < 4.78 is 0. The molecule has 5 nitrogen and oxygen atoms in total. The van der Waals surface area contributed by atoms with Crippen LogP contribution in [-0.4, -0.2) is 58.9 Å². The van der Waals surface area contributed by atoms with Crippen molar-refractivity contribution in [1.82, 2.24) is 10.2 Å². The second-order valence-corrected chi connectivity index (χ2v) is 5.87. The van der Waals surface area contributed by atoms with E-state index in [0.717, 1.165) is 39.0 Å². The van der Waals surface area contributed by atoms with Gasteiger partial charge < -0.3 is 15.5 Å². The zero-order valence-corrected chi connectivity index (χ0v) is 9.93. The number of fused-ring (bicyclic) bond motifs is 1. The van der Waals surface area contributed by atoms with E-state index in [1.807, 2.05) is 0 Å². The van der Waals surface area contributed by atoms with Gasteiger partial charge in [0, 0.05) is 32.1 Å². The lowest BCUT2D eigenvalue weighted by atomic mass is 9.86. The van der Waals surface area contributed by atoms with Gasteiger partial charge in [-0.1, -0.05) is 0 Å². The number of likely N-dealkylation sites (tertiary alicyclic amines) is 1. The average Bonchev–Trinajstić information content (AvgIpc) is 2.75. The summed E-state index contributed by atoms with van der Waals surface area (Å²) in [5.41, 5.74) is -0.185. The zero-order chi connectivity index (χ0) is 12.0. The molecule has 0 aromatic carbocycles. The molecule has 2 saturated heterocycles. The number of nitrogens with zero attached hydrogens (tertiary/aromatic N) is 1. The number of hydrogen-bond acceptors (Lipinski definition) is 4. The lowest BCUT2D eigenvalue weighted by molar-refractivity contribution is -0.141. The molecule has 3 fully saturated rings. The van der Waals surface area contributed by atoms with Gasteiger partial charge in [-0.3, -0.25) is 9.69 Å². The van der Waals surface area contributed by atoms with Crippen LogP contribution in [0.15, 0.2) is 0 Å². The van der Waals surface area contributed by atoms with E-state index in [1.165, 1.54) is 0 Å². The predicted octanol–water partition coefficient (Wildman–Crippen LogP) is -0.494. The molecular weight excluding hydrogens is 220 g/mol. The summed E-state index contributed by atoms with van der Waals surface area (Å²) in [6, 6.07) is 0. The molecule has 2 heterocycles. The Morgan fingerprint density at radius 2 is 2.12 bits per heavy atom. The number of carbonyl (C=O) groups is 1. The van der Waals surface area contributed by atoms with Crippen LogP contribution in [0, 0.1) is 11.8 Å². The van der Waals surface area contributed by atoms with Crippen molar-refractivity contribution >= 4 is 5.97 Å². The number of rotatable bonds is 3. The van der Waals surface area contributed by atoms with Gasteiger partial charge in [0.05, 0.1) is 18.1 Å². The third-order valence-electron chi connectivity index (χ3n) is 4.88. The zero-order valence-electron chi connectivity index (χ0n) is 9.93. The van der Waals surface area contributed by atoms with Crippen molar-refractivity contribution in [3.63, 3.8) is 0 Å². The minimum absolute atomic E-state index is 0.167. The summed E-state index contributed by atoms with van der Waals surface area (Å²) in [5.74, 6) is 0.238. The Morgan fingerprint density at radius 3 is 2.65 bits per heavy atom. The van der Waals surface area contributed by atoms with E-state index in [-0.39, 0.29) is 18.1 Å². The first-order valence-corrected chi connectivity index (χ1v) is 6.46. The van der Waals surface area contributed by atoms with E-state index < -0.39 is 5.97 Å². The minimum atomic E-state index is -0.718. The molecule has 1 aliphatic carbocycles. The topological polar surface area (TPSA) is 72.8 Å². The molecule has 0 radical (unpaired) electrons. The van der Waals surface area contributed by atoms with Crippen LogP contribution in [0.5, 0.6) is 0 Å². The van der Waals surface area contributed by atoms with Gasteiger partial charge in [0.15, 0.2) is 0 Å². The Bertz CT molecular complexity index is 330. The highest BCUT2D eigenvalue weighted by Crippen LogP contribution is 2.42. The quantitative estimate of drug-likeness (QED) is 0.620. The average molecular weight is 240 g/mol. The van der Waals surface area contributed by atoms with E-state index in [2.05, 4.69) is 10.2 Å². The molecule has 1 saturated carbocycles. The van der Waals surface area contributed by atoms with Crippen molar-refractivity contribution in [2.45, 2.75) is 30.9 Å². The Labute approximate surface area is 101 Å². The van der Waals surface area contributed by atoms with Crippen molar-refractivity contribution in [2.24, 2.45) is 11.8 Å². The van der Waals surface area contributed by atoms with Gasteiger partial charge in [-0.2, -0.15) is 0 Å². The summed E-state index contributed by atoms with van der Waals surface area (Å²) in [5, 5.41) is 22.1. The Morgan fingerprint density at radius 1 is 1.35 bits per heavy atom. The maximum absolute atomic E-state index is 11.0. The first-order valence-electron chi connectivity index (χ1n) is 6.46. The second kappa shape index (κ2) is 3.93. The lowest BCUT2D eigenvalue weighted by Gasteiger charge is -2.49. The van der Waals surface area contributed by atoms with E-state index in [1.54, 1.807) is 0 Å². The normalized spacial score (nSPS) is 39.9. The largest absolute Gasteiger partial charge is 0.481 e. The molecular formula is C12H20N2O3. The summed E-state index contributed by atoms with van der Waals surface area (Å²) >= 11 is 0. The van der Waals surface area contributed by atoms with Crippen LogP contribution in [0.25, 0.3) is 0 Å². The number of carboxylic acids is 1. The third kappa shape index (κ3) is 1.77. The van der Waals surface area contributed by atoms with E-state index >= 15 is 0 Å². The highest BCUT2D eigenvalue weighted by Gasteiger charge is 2.51. The molecule has 0 amide bonds. The lowest BCUT2D eigenvalue weighted by Crippen LogP contribution is -2.69. The maximum Gasteiger partial charge on any atom is 0.305 e. The summed E-state index contributed by atoms with van der Waals surface area (Å²) in [6.45, 7) is 3.39. The first kappa shape index (κ1) is 11.4. The molecule has 0 bridgehead atoms. The molecule has 3 unspecified atom stereocenters. The van der Waals surface area contributed by atoms with Crippen molar-refractivity contribution in [3.8, 4) is 0 Å². The summed E-state index contributed by atoms with van der Waals surface area (Å²) in [7, 11) is 0. The highest BCUT2D eigenvalue weighted by molar-refractivity contribution is 5.69. The standard InChI is InChI=1S/C12H20N2O3/c15-10-2-1-8-4-14(5-9(8)10)12(3-11(16)17)6-13-7-12/h8-10,13,15H,1-7H2,(H,16,17). The Balaban J connectivity index is 1.71. The van der Waals surface area contributed by atoms with Gasteiger partial charge in [-0.25, -0.2) is 0 Å². The summed E-state index contributed by atoms with van der Waals surface area (Å²) in [6.07, 6.45) is 2.07. The number of aliphatic hydroxyl groups is 1. The number of hydrogen-bond donors (Lipinski definition) is 3. The van der Waals surface area contributed by atoms with Gasteiger partial charge in [0.1, 0.15) is 0 Å². The van der Waals surface area contributed by atoms with Crippen LogP contribution in [0.3, 0.4) is 0 Å². The molecule has 3 atom stereocenters. The predicted molar refractivity (Wildman–Crippen MR) is 61.6 cm³/mol. The van der Waals surface area contributed by atoms with Gasteiger partial charge in [-0.15, -0.1) is 0 Å². The van der Waals surface area contributed by atoms with Crippen molar-refractivity contribution in [3.05, 3.63) is 0 Å². The molecule has 0 aromatic rings. The van der Waals surface area contributed by atoms with Gasteiger partial charge in [0.2, 0.25) is 0 Å². The highest BCUT2D eigenvalue weighted by atomic mass is 16.4. The SMILES string of the molecule is O=C(O)CC1(N2CC3CCC(O)C3C2)CNC1. The van der Waals surface area contributed by atoms with Crippen LogP contribution in [0.4, 0.5) is 0 Å². The smallest absolute Gasteiger partial charge is 0.305 e. The van der Waals surface area contributed by atoms with Crippen LogP contribution in [0.2, 0.25) is 0 Å². The van der Waals surface area contributed by atoms with E-state index in [9.17, 15) is 9.90 Å². The van der Waals surface area contributed by atoms with Gasteiger partial charge in [0.25, 0.3) is 0 Å². The van der Waals surface area contributed by atoms with Crippen LogP contribution >= 0.6 is 0 Å². The van der Waals surface area contributed by atoms with E-state index in [0.29, 0.717) is 11.8 Å². The van der Waals surface area contributed by atoms with Crippen LogP contribution in [0.1, 0.15) is 19.3 Å². The molecule has 0 aromatic heterocycles. The second-order valence-electron chi connectivity index (χ2n) is 5.87. The number of aliphatic carboxylic acids is 1. The van der Waals surface area contributed by atoms with Crippen LogP contribution in [-0.2, 0) is 4.79 Å². The Hall–Kier alpha value is -0.650. The fourth-order valence-electron chi connectivity index (χ4n) is 3.78. The third-order valence-corrected chi connectivity index (χ3v) is 4.88. The van der Waals surface area contributed by atoms with Crippen molar-refractivity contribution in [1.29, 1.82) is 0 Å². The Kier molecular flexibility index (Phi) is 2.65. The number of aliphatic hydroxyl groups excluding tert-OH is 1. The number of carboxylic acid groups (broad SMARTS) is 1. The molecule has 5 heteroatoms. The monoisotopic (exact) mass is 240 g/mol. The molecule has 17 heavy (non-hydrogen) atoms. The molecule has 3 rings (SSSR count). The first-order chi connectivity index (χ1) is 8.11. The van der Waals surface area contributed by atoms with Crippen molar-refractivity contribution in [2.75, 3.05) is 26.2 Å². The fraction of sp³-hybridized carbons (Fsp3) is 0.917.